The van der Waals surface area contributed by atoms with Gasteiger partial charge in [0.2, 0.25) is 0 Å². The molecule has 0 amide bonds. The van der Waals surface area contributed by atoms with Crippen LogP contribution in [0.4, 0.5) is 5.69 Å². The van der Waals surface area contributed by atoms with Crippen LogP contribution in [0, 0.1) is 0 Å². The lowest BCUT2D eigenvalue weighted by molar-refractivity contribution is 0.0687. The zero-order chi connectivity index (χ0) is 18.8. The minimum atomic E-state index is -0.916. The maximum Gasteiger partial charge on any atom is 0.353 e. The maximum atomic E-state index is 11.8. The van der Waals surface area contributed by atoms with Crippen LogP contribution in [0.15, 0.2) is 48.8 Å². The van der Waals surface area contributed by atoms with Gasteiger partial charge in [-0.15, -0.1) is 0 Å². The normalized spacial score (nSPS) is 15.4. The number of hydrogen-bond acceptors (Lipinski definition) is 4. The van der Waals surface area contributed by atoms with E-state index in [1.54, 1.807) is 16.8 Å². The number of aryl methyl sites for hydroxylation is 2. The smallest absolute Gasteiger partial charge is 0.353 e. The van der Waals surface area contributed by atoms with Crippen molar-refractivity contribution in [2.24, 2.45) is 0 Å². The van der Waals surface area contributed by atoms with Gasteiger partial charge in [-0.1, -0.05) is 24.3 Å². The molecule has 0 atom stereocenters. The van der Waals surface area contributed by atoms with Gasteiger partial charge in [-0.05, 0) is 43.1 Å². The Hall–Kier alpha value is -2.86. The number of benzene rings is 1. The number of aromatic carboxylic acids is 1. The average molecular weight is 364 g/mol. The van der Waals surface area contributed by atoms with Crippen molar-refractivity contribution in [3.63, 3.8) is 0 Å². The van der Waals surface area contributed by atoms with Gasteiger partial charge in [-0.2, -0.15) is 0 Å². The number of rotatable bonds is 5. The third-order valence-electron chi connectivity index (χ3n) is 5.35. The number of hydrogen-bond donors (Lipinski definition) is 1. The van der Waals surface area contributed by atoms with Gasteiger partial charge in [-0.3, -0.25) is 4.40 Å². The number of fused-ring (bicyclic) bond motifs is 1. The number of carboxylic acid groups (broad SMARTS) is 1. The summed E-state index contributed by atoms with van der Waals surface area (Å²) < 4.78 is 1.66. The Morgan fingerprint density at radius 3 is 2.56 bits per heavy atom. The molecule has 1 aliphatic rings. The SMILES string of the molecule is CN1CCN(c2ccccc2CCc2ccc3nccn3c2C(=O)O)CC1. The van der Waals surface area contributed by atoms with E-state index in [0.29, 0.717) is 17.8 Å². The molecule has 0 bridgehead atoms. The predicted molar refractivity (Wildman–Crippen MR) is 106 cm³/mol. The first-order valence-corrected chi connectivity index (χ1v) is 9.33. The molecular weight excluding hydrogens is 340 g/mol. The van der Waals surface area contributed by atoms with Crippen LogP contribution in [-0.2, 0) is 12.8 Å². The first kappa shape index (κ1) is 17.5. The quantitative estimate of drug-likeness (QED) is 0.754. The molecule has 1 aromatic carbocycles. The van der Waals surface area contributed by atoms with Gasteiger partial charge in [0.15, 0.2) is 0 Å². The Labute approximate surface area is 158 Å². The summed E-state index contributed by atoms with van der Waals surface area (Å²) in [4.78, 5) is 20.8. The van der Waals surface area contributed by atoms with Gasteiger partial charge in [0.1, 0.15) is 11.3 Å². The lowest BCUT2D eigenvalue weighted by atomic mass is 10.0. The molecule has 3 aromatic rings. The fourth-order valence-corrected chi connectivity index (χ4v) is 3.83. The predicted octanol–water partition coefficient (Wildman–Crippen LogP) is 2.57. The summed E-state index contributed by atoms with van der Waals surface area (Å²) >= 11 is 0. The second-order valence-corrected chi connectivity index (χ2v) is 7.09. The van der Waals surface area contributed by atoms with Crippen LogP contribution in [-0.4, -0.2) is 58.6 Å². The standard InChI is InChI=1S/C21H24N4O2/c1-23-12-14-24(15-13-23)18-5-3-2-4-16(18)6-7-17-8-9-19-22-10-11-25(19)20(17)21(26)27/h2-5,8-11H,6-7,12-15H2,1H3,(H,26,27). The molecule has 1 aliphatic heterocycles. The first-order chi connectivity index (χ1) is 13.1. The number of aromatic nitrogens is 2. The summed E-state index contributed by atoms with van der Waals surface area (Å²) in [5.41, 5.74) is 4.34. The van der Waals surface area contributed by atoms with Crippen molar-refractivity contribution in [2.75, 3.05) is 38.1 Å². The van der Waals surface area contributed by atoms with Crippen molar-refractivity contribution in [2.45, 2.75) is 12.8 Å². The summed E-state index contributed by atoms with van der Waals surface area (Å²) in [6.07, 6.45) is 4.83. The zero-order valence-corrected chi connectivity index (χ0v) is 15.5. The van der Waals surface area contributed by atoms with Crippen molar-refractivity contribution < 1.29 is 9.90 Å². The number of anilines is 1. The second kappa shape index (κ2) is 7.40. The number of nitrogens with zero attached hydrogens (tertiary/aromatic N) is 4. The van der Waals surface area contributed by atoms with Crippen LogP contribution in [0.3, 0.4) is 0 Å². The summed E-state index contributed by atoms with van der Waals surface area (Å²) in [6.45, 7) is 4.17. The molecule has 27 heavy (non-hydrogen) atoms. The van der Waals surface area contributed by atoms with E-state index in [4.69, 9.17) is 0 Å². The molecule has 4 rings (SSSR count). The van der Waals surface area contributed by atoms with Crippen molar-refractivity contribution in [1.82, 2.24) is 14.3 Å². The summed E-state index contributed by atoms with van der Waals surface area (Å²) in [6, 6.07) is 12.3. The van der Waals surface area contributed by atoms with E-state index in [1.807, 2.05) is 12.1 Å². The molecule has 0 radical (unpaired) electrons. The Morgan fingerprint density at radius 1 is 1.04 bits per heavy atom. The summed E-state index contributed by atoms with van der Waals surface area (Å²) in [7, 11) is 2.16. The highest BCUT2D eigenvalue weighted by Gasteiger charge is 2.18. The number of likely N-dealkylation sites (N-methyl/N-ethyl adjacent to an activating group) is 1. The Bertz CT molecular complexity index is 958. The molecular formula is C21H24N4O2. The van der Waals surface area contributed by atoms with Gasteiger partial charge in [-0.25, -0.2) is 9.78 Å². The molecule has 3 heterocycles. The molecule has 0 saturated carbocycles. The van der Waals surface area contributed by atoms with E-state index in [-0.39, 0.29) is 0 Å². The van der Waals surface area contributed by atoms with Crippen LogP contribution in [0.1, 0.15) is 21.6 Å². The molecule has 140 valence electrons. The summed E-state index contributed by atoms with van der Waals surface area (Å²) in [5.74, 6) is -0.916. The minimum absolute atomic E-state index is 0.307. The first-order valence-electron chi connectivity index (χ1n) is 9.33. The Kier molecular flexibility index (Phi) is 4.81. The van der Waals surface area contributed by atoms with E-state index in [2.05, 4.69) is 46.1 Å². The number of piperazine rings is 1. The molecule has 1 saturated heterocycles. The van der Waals surface area contributed by atoms with Gasteiger partial charge >= 0.3 is 5.97 Å². The van der Waals surface area contributed by atoms with Crippen molar-refractivity contribution in [3.05, 3.63) is 65.6 Å². The molecule has 1 N–H and O–H groups in total. The third kappa shape index (κ3) is 3.53. The zero-order valence-electron chi connectivity index (χ0n) is 15.5. The molecule has 2 aromatic heterocycles. The maximum absolute atomic E-state index is 11.8. The topological polar surface area (TPSA) is 61.1 Å². The number of para-hydroxylation sites is 1. The van der Waals surface area contributed by atoms with Crippen LogP contribution < -0.4 is 4.90 Å². The van der Waals surface area contributed by atoms with Gasteiger partial charge in [0.05, 0.1) is 0 Å². The monoisotopic (exact) mass is 364 g/mol. The van der Waals surface area contributed by atoms with Crippen LogP contribution in [0.5, 0.6) is 0 Å². The van der Waals surface area contributed by atoms with E-state index in [0.717, 1.165) is 38.2 Å². The van der Waals surface area contributed by atoms with Crippen molar-refractivity contribution in [3.8, 4) is 0 Å². The van der Waals surface area contributed by atoms with Crippen molar-refractivity contribution >= 4 is 17.3 Å². The molecule has 0 unspecified atom stereocenters. The van der Waals surface area contributed by atoms with Crippen LogP contribution in [0.25, 0.3) is 5.65 Å². The summed E-state index contributed by atoms with van der Waals surface area (Å²) in [5, 5.41) is 9.70. The molecule has 6 nitrogen and oxygen atoms in total. The highest BCUT2D eigenvalue weighted by molar-refractivity contribution is 5.88. The molecule has 0 spiro atoms. The number of imidazole rings is 1. The fourth-order valence-electron chi connectivity index (χ4n) is 3.83. The lowest BCUT2D eigenvalue weighted by Crippen LogP contribution is -2.44. The van der Waals surface area contributed by atoms with E-state index >= 15 is 0 Å². The van der Waals surface area contributed by atoms with Gasteiger partial charge in [0.25, 0.3) is 0 Å². The molecule has 1 fully saturated rings. The highest BCUT2D eigenvalue weighted by Crippen LogP contribution is 2.24. The molecule has 6 heteroatoms. The van der Waals surface area contributed by atoms with Crippen molar-refractivity contribution in [1.29, 1.82) is 0 Å². The third-order valence-corrected chi connectivity index (χ3v) is 5.35. The van der Waals surface area contributed by atoms with Gasteiger partial charge < -0.3 is 14.9 Å². The van der Waals surface area contributed by atoms with E-state index in [9.17, 15) is 9.90 Å². The van der Waals surface area contributed by atoms with E-state index in [1.165, 1.54) is 11.3 Å². The second-order valence-electron chi connectivity index (χ2n) is 7.09. The number of pyridine rings is 1. The van der Waals surface area contributed by atoms with Crippen LogP contribution in [0.2, 0.25) is 0 Å². The molecule has 0 aliphatic carbocycles. The van der Waals surface area contributed by atoms with Crippen LogP contribution >= 0.6 is 0 Å². The Balaban J connectivity index is 1.59. The Morgan fingerprint density at radius 2 is 1.78 bits per heavy atom. The average Bonchev–Trinajstić information content (AvgIpc) is 3.15. The fraction of sp³-hybridized carbons (Fsp3) is 0.333. The van der Waals surface area contributed by atoms with Gasteiger partial charge in [0, 0.05) is 44.3 Å². The van der Waals surface area contributed by atoms with E-state index < -0.39 is 5.97 Å². The number of carboxylic acids is 1. The number of carbonyl (C=O) groups is 1. The lowest BCUT2D eigenvalue weighted by Gasteiger charge is -2.35. The highest BCUT2D eigenvalue weighted by atomic mass is 16.4. The largest absolute Gasteiger partial charge is 0.477 e. The minimum Gasteiger partial charge on any atom is -0.477 e.